The Morgan fingerprint density at radius 2 is 1.31 bits per heavy atom. The second-order valence-electron chi connectivity index (χ2n) is 7.06. The van der Waals surface area contributed by atoms with E-state index in [-0.39, 0.29) is 24.3 Å². The Morgan fingerprint density at radius 1 is 0.759 bits per heavy atom. The van der Waals surface area contributed by atoms with Gasteiger partial charge in [0, 0.05) is 18.0 Å². The first kappa shape index (κ1) is 20.3. The van der Waals surface area contributed by atoms with E-state index in [1.807, 2.05) is 55.5 Å². The summed E-state index contributed by atoms with van der Waals surface area (Å²) >= 11 is 0. The quantitative estimate of drug-likeness (QED) is 0.613. The monoisotopic (exact) mass is 386 g/mol. The van der Waals surface area contributed by atoms with E-state index in [9.17, 15) is 9.59 Å². The molecule has 0 bridgehead atoms. The Hall–Kier alpha value is -3.40. The minimum atomic E-state index is -0.244. The standard InChI is InChI=1S/C25H26N2O2/c1-19-12-14-22(15-13-19)25(29)27-18-24(28)26-17-16-23(20-8-4-2-5-9-20)21-10-6-3-7-11-21/h2-15,23H,16-18H2,1H3,(H,26,28)(H,27,29). The summed E-state index contributed by atoms with van der Waals surface area (Å²) in [5, 5.41) is 5.58. The molecule has 0 unspecified atom stereocenters. The van der Waals surface area contributed by atoms with Crippen LogP contribution in [0.15, 0.2) is 84.9 Å². The molecule has 0 aromatic heterocycles. The van der Waals surface area contributed by atoms with Crippen LogP contribution in [-0.2, 0) is 4.79 Å². The number of aryl methyl sites for hydroxylation is 1. The van der Waals surface area contributed by atoms with Crippen LogP contribution in [0.1, 0.15) is 39.4 Å². The van der Waals surface area contributed by atoms with Crippen LogP contribution >= 0.6 is 0 Å². The fourth-order valence-corrected chi connectivity index (χ4v) is 3.28. The van der Waals surface area contributed by atoms with Crippen LogP contribution in [0.4, 0.5) is 0 Å². The van der Waals surface area contributed by atoms with Gasteiger partial charge >= 0.3 is 0 Å². The molecule has 3 aromatic carbocycles. The van der Waals surface area contributed by atoms with Gasteiger partial charge in [-0.25, -0.2) is 0 Å². The van der Waals surface area contributed by atoms with Crippen LogP contribution in [0.3, 0.4) is 0 Å². The van der Waals surface area contributed by atoms with Crippen LogP contribution in [-0.4, -0.2) is 24.9 Å². The van der Waals surface area contributed by atoms with E-state index in [1.54, 1.807) is 12.1 Å². The van der Waals surface area contributed by atoms with E-state index < -0.39 is 0 Å². The molecule has 0 aliphatic heterocycles. The molecule has 0 aliphatic carbocycles. The van der Waals surface area contributed by atoms with Gasteiger partial charge in [0.05, 0.1) is 6.54 Å². The maximum absolute atomic E-state index is 12.2. The van der Waals surface area contributed by atoms with Crippen molar-refractivity contribution in [1.29, 1.82) is 0 Å². The third-order valence-electron chi connectivity index (χ3n) is 4.88. The molecular formula is C25H26N2O2. The van der Waals surface area contributed by atoms with Gasteiger partial charge in [-0.1, -0.05) is 78.4 Å². The molecule has 148 valence electrons. The molecule has 29 heavy (non-hydrogen) atoms. The average molecular weight is 386 g/mol. The number of amides is 2. The van der Waals surface area contributed by atoms with E-state index in [0.29, 0.717) is 12.1 Å². The van der Waals surface area contributed by atoms with Gasteiger partial charge in [0.1, 0.15) is 0 Å². The van der Waals surface area contributed by atoms with Gasteiger partial charge in [-0.3, -0.25) is 9.59 Å². The van der Waals surface area contributed by atoms with Crippen LogP contribution in [0, 0.1) is 6.92 Å². The van der Waals surface area contributed by atoms with Crippen LogP contribution < -0.4 is 10.6 Å². The van der Waals surface area contributed by atoms with E-state index in [1.165, 1.54) is 11.1 Å². The van der Waals surface area contributed by atoms with Gasteiger partial charge in [-0.15, -0.1) is 0 Å². The number of benzene rings is 3. The Labute approximate surface area is 172 Å². The third kappa shape index (κ3) is 6.04. The highest BCUT2D eigenvalue weighted by Gasteiger charge is 2.14. The summed E-state index contributed by atoms with van der Waals surface area (Å²) in [6.45, 7) is 2.47. The molecular weight excluding hydrogens is 360 g/mol. The molecule has 0 saturated heterocycles. The molecule has 0 spiro atoms. The lowest BCUT2D eigenvalue weighted by Gasteiger charge is -2.18. The van der Waals surface area contributed by atoms with E-state index in [4.69, 9.17) is 0 Å². The highest BCUT2D eigenvalue weighted by Crippen LogP contribution is 2.27. The molecule has 0 heterocycles. The molecule has 4 heteroatoms. The normalized spacial score (nSPS) is 10.6. The van der Waals surface area contributed by atoms with Gasteiger partial charge in [-0.2, -0.15) is 0 Å². The first-order chi connectivity index (χ1) is 14.1. The second-order valence-corrected chi connectivity index (χ2v) is 7.06. The van der Waals surface area contributed by atoms with Crippen molar-refractivity contribution in [3.05, 3.63) is 107 Å². The number of carbonyl (C=O) groups is 2. The SMILES string of the molecule is Cc1ccc(C(=O)NCC(=O)NCCC(c2ccccc2)c2ccccc2)cc1. The number of nitrogens with one attached hydrogen (secondary N) is 2. The Balaban J connectivity index is 1.51. The molecule has 3 rings (SSSR count). The summed E-state index contributed by atoms with van der Waals surface area (Å²) in [4.78, 5) is 24.3. The van der Waals surface area contributed by atoms with Crippen LogP contribution in [0.25, 0.3) is 0 Å². The van der Waals surface area contributed by atoms with Crippen molar-refractivity contribution < 1.29 is 9.59 Å². The summed E-state index contributed by atoms with van der Waals surface area (Å²) < 4.78 is 0. The highest BCUT2D eigenvalue weighted by atomic mass is 16.2. The number of carbonyl (C=O) groups excluding carboxylic acids is 2. The van der Waals surface area contributed by atoms with Crippen molar-refractivity contribution >= 4 is 11.8 Å². The zero-order valence-electron chi connectivity index (χ0n) is 16.6. The molecule has 2 amide bonds. The third-order valence-corrected chi connectivity index (χ3v) is 4.88. The first-order valence-electron chi connectivity index (χ1n) is 9.85. The van der Waals surface area contributed by atoms with Gasteiger partial charge in [-0.05, 0) is 36.6 Å². The zero-order chi connectivity index (χ0) is 20.5. The summed E-state index contributed by atoms with van der Waals surface area (Å²) in [5.74, 6) is -0.225. The topological polar surface area (TPSA) is 58.2 Å². The minimum Gasteiger partial charge on any atom is -0.355 e. The largest absolute Gasteiger partial charge is 0.355 e. The zero-order valence-corrected chi connectivity index (χ0v) is 16.6. The van der Waals surface area contributed by atoms with Crippen LogP contribution in [0.2, 0.25) is 0 Å². The molecule has 0 atom stereocenters. The smallest absolute Gasteiger partial charge is 0.251 e. The molecule has 0 radical (unpaired) electrons. The van der Waals surface area contributed by atoms with E-state index >= 15 is 0 Å². The Bertz CT molecular complexity index is 883. The Morgan fingerprint density at radius 3 is 1.86 bits per heavy atom. The summed E-state index contributed by atoms with van der Waals surface area (Å²) in [6.07, 6.45) is 0.783. The Kier molecular flexibility index (Phi) is 7.17. The summed E-state index contributed by atoms with van der Waals surface area (Å²) in [7, 11) is 0. The van der Waals surface area contributed by atoms with Crippen LogP contribution in [0.5, 0.6) is 0 Å². The average Bonchev–Trinajstić information content (AvgIpc) is 2.77. The van der Waals surface area contributed by atoms with Crippen molar-refractivity contribution in [2.24, 2.45) is 0 Å². The molecule has 0 aliphatic rings. The lowest BCUT2D eigenvalue weighted by Crippen LogP contribution is -2.37. The van der Waals surface area contributed by atoms with Gasteiger partial charge in [0.25, 0.3) is 5.91 Å². The minimum absolute atomic E-state index is 0.0337. The fourth-order valence-electron chi connectivity index (χ4n) is 3.28. The van der Waals surface area contributed by atoms with Gasteiger partial charge < -0.3 is 10.6 Å². The summed E-state index contributed by atoms with van der Waals surface area (Å²) in [5.41, 5.74) is 4.09. The molecule has 0 saturated carbocycles. The predicted octanol–water partition coefficient (Wildman–Crippen LogP) is 4.06. The van der Waals surface area contributed by atoms with Crippen molar-refractivity contribution in [1.82, 2.24) is 10.6 Å². The first-order valence-corrected chi connectivity index (χ1v) is 9.85. The van der Waals surface area contributed by atoms with Crippen molar-refractivity contribution in [3.63, 3.8) is 0 Å². The molecule has 3 aromatic rings. The lowest BCUT2D eigenvalue weighted by molar-refractivity contribution is -0.120. The predicted molar refractivity (Wildman–Crippen MR) is 116 cm³/mol. The van der Waals surface area contributed by atoms with Crippen molar-refractivity contribution in [3.8, 4) is 0 Å². The second kappa shape index (κ2) is 10.2. The van der Waals surface area contributed by atoms with Gasteiger partial charge in [0.2, 0.25) is 5.91 Å². The number of hydrogen-bond acceptors (Lipinski definition) is 2. The number of rotatable bonds is 8. The maximum Gasteiger partial charge on any atom is 0.251 e. The fraction of sp³-hybridized carbons (Fsp3) is 0.200. The van der Waals surface area contributed by atoms with E-state index in [0.717, 1.165) is 12.0 Å². The van der Waals surface area contributed by atoms with Crippen molar-refractivity contribution in [2.75, 3.05) is 13.1 Å². The lowest BCUT2D eigenvalue weighted by atomic mass is 9.88. The number of hydrogen-bond donors (Lipinski definition) is 2. The van der Waals surface area contributed by atoms with Gasteiger partial charge in [0.15, 0.2) is 0 Å². The summed E-state index contributed by atoms with van der Waals surface area (Å²) in [6, 6.07) is 27.9. The molecule has 4 nitrogen and oxygen atoms in total. The van der Waals surface area contributed by atoms with E-state index in [2.05, 4.69) is 34.9 Å². The molecule has 0 fully saturated rings. The highest BCUT2D eigenvalue weighted by molar-refractivity contribution is 5.96. The molecule has 2 N–H and O–H groups in total. The van der Waals surface area contributed by atoms with Crippen molar-refractivity contribution in [2.45, 2.75) is 19.3 Å². The maximum atomic E-state index is 12.2.